The minimum atomic E-state index is 0.211. The van der Waals surface area contributed by atoms with Crippen LogP contribution < -0.4 is 5.32 Å². The summed E-state index contributed by atoms with van der Waals surface area (Å²) >= 11 is 5.97. The minimum Gasteiger partial charge on any atom is -0.336 e. The van der Waals surface area contributed by atoms with Crippen molar-refractivity contribution in [2.75, 3.05) is 23.8 Å². The predicted octanol–water partition coefficient (Wildman–Crippen LogP) is 3.01. The molecule has 0 aliphatic carbocycles. The third-order valence-electron chi connectivity index (χ3n) is 3.38. The highest BCUT2D eigenvalue weighted by Gasteiger charge is 2.21. The SMILES string of the molecule is Cn1ccnc1C(NCC1CSCCS1)c1cccs1. The van der Waals surface area contributed by atoms with Gasteiger partial charge in [0.05, 0.1) is 0 Å². The lowest BCUT2D eigenvalue weighted by molar-refractivity contribution is 0.567. The van der Waals surface area contributed by atoms with Gasteiger partial charge in [-0.2, -0.15) is 23.5 Å². The summed E-state index contributed by atoms with van der Waals surface area (Å²) in [6, 6.07) is 4.52. The van der Waals surface area contributed by atoms with Crippen molar-refractivity contribution in [3.63, 3.8) is 0 Å². The maximum absolute atomic E-state index is 4.53. The lowest BCUT2D eigenvalue weighted by Gasteiger charge is -2.24. The molecular weight excluding hydrogens is 306 g/mol. The fourth-order valence-electron chi connectivity index (χ4n) is 2.33. The van der Waals surface area contributed by atoms with Crippen LogP contribution in [0.4, 0.5) is 0 Å². The van der Waals surface area contributed by atoms with Gasteiger partial charge < -0.3 is 9.88 Å². The van der Waals surface area contributed by atoms with Crippen molar-refractivity contribution in [3.8, 4) is 0 Å². The van der Waals surface area contributed by atoms with Gasteiger partial charge in [-0.15, -0.1) is 11.3 Å². The quantitative estimate of drug-likeness (QED) is 0.915. The Morgan fingerprint density at radius 3 is 3.10 bits per heavy atom. The number of hydrogen-bond donors (Lipinski definition) is 1. The number of thioether (sulfide) groups is 2. The molecule has 6 heteroatoms. The molecule has 0 saturated carbocycles. The Balaban J connectivity index is 1.71. The average molecular weight is 326 g/mol. The number of nitrogens with one attached hydrogen (secondary N) is 1. The van der Waals surface area contributed by atoms with Gasteiger partial charge in [0.1, 0.15) is 11.9 Å². The lowest BCUT2D eigenvalue weighted by Crippen LogP contribution is -2.33. The van der Waals surface area contributed by atoms with Gasteiger partial charge in [-0.3, -0.25) is 0 Å². The number of hydrogen-bond acceptors (Lipinski definition) is 5. The fourth-order valence-corrected chi connectivity index (χ4v) is 5.75. The summed E-state index contributed by atoms with van der Waals surface area (Å²) in [5.41, 5.74) is 0. The third kappa shape index (κ3) is 3.42. The van der Waals surface area contributed by atoms with Crippen LogP contribution >= 0.6 is 34.9 Å². The maximum Gasteiger partial charge on any atom is 0.131 e. The first-order valence-corrected chi connectivity index (χ1v) is 9.86. The zero-order valence-electron chi connectivity index (χ0n) is 11.5. The molecule has 1 fully saturated rings. The van der Waals surface area contributed by atoms with Gasteiger partial charge >= 0.3 is 0 Å². The molecule has 1 saturated heterocycles. The Hall–Kier alpha value is -0.430. The van der Waals surface area contributed by atoms with E-state index in [2.05, 4.69) is 63.0 Å². The lowest BCUT2D eigenvalue weighted by atomic mass is 10.2. The molecule has 1 aliphatic rings. The van der Waals surface area contributed by atoms with E-state index < -0.39 is 0 Å². The molecule has 2 unspecified atom stereocenters. The van der Waals surface area contributed by atoms with E-state index in [-0.39, 0.29) is 6.04 Å². The molecule has 20 heavy (non-hydrogen) atoms. The Kier molecular flexibility index (Phi) is 5.09. The van der Waals surface area contributed by atoms with Crippen LogP contribution in [0.2, 0.25) is 0 Å². The molecule has 0 bridgehead atoms. The molecule has 0 radical (unpaired) electrons. The zero-order chi connectivity index (χ0) is 13.8. The van der Waals surface area contributed by atoms with Crippen LogP contribution in [0.5, 0.6) is 0 Å². The van der Waals surface area contributed by atoms with E-state index in [1.54, 1.807) is 11.3 Å². The highest BCUT2D eigenvalue weighted by Crippen LogP contribution is 2.27. The first-order chi connectivity index (χ1) is 9.84. The molecule has 1 N–H and O–H groups in total. The molecule has 2 aromatic heterocycles. The van der Waals surface area contributed by atoms with E-state index >= 15 is 0 Å². The Morgan fingerprint density at radius 1 is 1.50 bits per heavy atom. The van der Waals surface area contributed by atoms with Crippen molar-refractivity contribution in [2.24, 2.45) is 7.05 Å². The summed E-state index contributed by atoms with van der Waals surface area (Å²) < 4.78 is 2.11. The predicted molar refractivity (Wildman–Crippen MR) is 90.9 cm³/mol. The second-order valence-electron chi connectivity index (χ2n) is 4.82. The molecule has 108 valence electrons. The van der Waals surface area contributed by atoms with Crippen LogP contribution in [-0.2, 0) is 7.05 Å². The summed E-state index contributed by atoms with van der Waals surface area (Å²) in [5, 5.41) is 6.58. The summed E-state index contributed by atoms with van der Waals surface area (Å²) in [4.78, 5) is 5.87. The maximum atomic E-state index is 4.53. The van der Waals surface area contributed by atoms with E-state index in [1.165, 1.54) is 22.1 Å². The van der Waals surface area contributed by atoms with Gasteiger partial charge in [0.15, 0.2) is 0 Å². The molecule has 1 aliphatic heterocycles. The molecule has 0 spiro atoms. The van der Waals surface area contributed by atoms with E-state index in [1.807, 2.05) is 12.4 Å². The van der Waals surface area contributed by atoms with E-state index in [0.717, 1.165) is 17.6 Å². The molecule has 3 heterocycles. The molecule has 0 aromatic carbocycles. The van der Waals surface area contributed by atoms with Crippen molar-refractivity contribution in [1.82, 2.24) is 14.9 Å². The van der Waals surface area contributed by atoms with E-state index in [0.29, 0.717) is 0 Å². The molecular formula is C14H19N3S3. The van der Waals surface area contributed by atoms with Crippen molar-refractivity contribution < 1.29 is 0 Å². The smallest absolute Gasteiger partial charge is 0.131 e. The van der Waals surface area contributed by atoms with Gasteiger partial charge in [-0.05, 0) is 11.4 Å². The van der Waals surface area contributed by atoms with Crippen molar-refractivity contribution in [1.29, 1.82) is 0 Å². The first-order valence-electron chi connectivity index (χ1n) is 6.78. The average Bonchev–Trinajstić information content (AvgIpc) is 3.13. The molecule has 3 rings (SSSR count). The Morgan fingerprint density at radius 2 is 2.45 bits per heavy atom. The highest BCUT2D eigenvalue weighted by atomic mass is 32.2. The number of nitrogens with zero attached hydrogens (tertiary/aromatic N) is 2. The second-order valence-corrected chi connectivity index (χ2v) is 8.36. The monoisotopic (exact) mass is 325 g/mol. The van der Waals surface area contributed by atoms with Crippen LogP contribution in [0.15, 0.2) is 29.9 Å². The topological polar surface area (TPSA) is 29.9 Å². The largest absolute Gasteiger partial charge is 0.336 e. The van der Waals surface area contributed by atoms with Gasteiger partial charge in [-0.25, -0.2) is 4.98 Å². The number of aromatic nitrogens is 2. The Labute approximate surface area is 132 Å². The molecule has 2 atom stereocenters. The summed E-state index contributed by atoms with van der Waals surface area (Å²) in [6.45, 7) is 1.05. The van der Waals surface area contributed by atoms with Crippen LogP contribution in [0.1, 0.15) is 16.7 Å². The highest BCUT2D eigenvalue weighted by molar-refractivity contribution is 8.06. The second kappa shape index (κ2) is 7.02. The van der Waals surface area contributed by atoms with Crippen molar-refractivity contribution in [3.05, 3.63) is 40.6 Å². The summed E-state index contributed by atoms with van der Waals surface area (Å²) in [6.07, 6.45) is 3.89. The van der Waals surface area contributed by atoms with Crippen LogP contribution in [0.3, 0.4) is 0 Å². The van der Waals surface area contributed by atoms with Crippen LogP contribution in [-0.4, -0.2) is 38.6 Å². The van der Waals surface area contributed by atoms with Gasteiger partial charge in [0.25, 0.3) is 0 Å². The normalized spacial score (nSPS) is 20.9. The standard InChI is InChI=1S/C14H19N3S3/c1-17-5-4-15-14(17)13(12-3-2-6-20-12)16-9-11-10-18-7-8-19-11/h2-6,11,13,16H,7-10H2,1H3. The number of aryl methyl sites for hydroxylation is 1. The van der Waals surface area contributed by atoms with Crippen LogP contribution in [0.25, 0.3) is 0 Å². The van der Waals surface area contributed by atoms with Gasteiger partial charge in [-0.1, -0.05) is 6.07 Å². The van der Waals surface area contributed by atoms with E-state index in [9.17, 15) is 0 Å². The number of thiophene rings is 1. The van der Waals surface area contributed by atoms with Gasteiger partial charge in [0.2, 0.25) is 0 Å². The zero-order valence-corrected chi connectivity index (χ0v) is 13.9. The number of imidazole rings is 1. The molecule has 0 amide bonds. The minimum absolute atomic E-state index is 0.211. The van der Waals surface area contributed by atoms with Crippen molar-refractivity contribution in [2.45, 2.75) is 11.3 Å². The summed E-state index contributed by atoms with van der Waals surface area (Å²) in [7, 11) is 2.07. The van der Waals surface area contributed by atoms with Gasteiger partial charge in [0, 0.05) is 53.4 Å². The molecule has 3 nitrogen and oxygen atoms in total. The molecule has 2 aromatic rings. The summed E-state index contributed by atoms with van der Waals surface area (Å²) in [5.74, 6) is 4.94. The first kappa shape index (κ1) is 14.5. The van der Waals surface area contributed by atoms with E-state index in [4.69, 9.17) is 0 Å². The fraction of sp³-hybridized carbons (Fsp3) is 0.500. The van der Waals surface area contributed by atoms with Crippen molar-refractivity contribution >= 4 is 34.9 Å². The Bertz CT molecular complexity index is 518. The third-order valence-corrected chi connectivity index (χ3v) is 7.16. The number of rotatable bonds is 5. The van der Waals surface area contributed by atoms with Crippen LogP contribution in [0, 0.1) is 0 Å².